The Morgan fingerprint density at radius 2 is 1.50 bits per heavy atom. The molecule has 1 N–H and O–H groups in total. The van der Waals surface area contributed by atoms with Crippen LogP contribution in [-0.4, -0.2) is 50.9 Å². The summed E-state index contributed by atoms with van der Waals surface area (Å²) in [6.07, 6.45) is -0.121. The number of halogens is 1. The Balaban J connectivity index is 2.09. The van der Waals surface area contributed by atoms with Crippen LogP contribution in [-0.2, 0) is 16.6 Å². The van der Waals surface area contributed by atoms with Crippen LogP contribution in [0.5, 0.6) is 28.7 Å². The molecule has 0 radical (unpaired) electrons. The summed E-state index contributed by atoms with van der Waals surface area (Å²) in [6.45, 7) is 6.93. The first kappa shape index (κ1) is 29.1. The van der Waals surface area contributed by atoms with Gasteiger partial charge in [-0.05, 0) is 64.2 Å². The van der Waals surface area contributed by atoms with E-state index in [1.165, 1.54) is 35.4 Å². The summed E-state index contributed by atoms with van der Waals surface area (Å²) < 4.78 is 22.4. The first-order valence-corrected chi connectivity index (χ1v) is 13.3. The van der Waals surface area contributed by atoms with Crippen molar-refractivity contribution in [3.63, 3.8) is 0 Å². The average Bonchev–Trinajstić information content (AvgIpc) is 2.90. The van der Waals surface area contributed by atoms with Gasteiger partial charge in [-0.1, -0.05) is 19.9 Å². The summed E-state index contributed by atoms with van der Waals surface area (Å²) in [5, 5.41) is 11.8. The largest absolute Gasteiger partial charge is 0.506 e. The fourth-order valence-corrected chi connectivity index (χ4v) is 6.10. The number of phenols is 1. The maximum Gasteiger partial charge on any atom is 0.201 e. The molecule has 1 aliphatic carbocycles. The van der Waals surface area contributed by atoms with Gasteiger partial charge in [0.15, 0.2) is 0 Å². The van der Waals surface area contributed by atoms with E-state index in [2.05, 4.69) is 15.9 Å². The summed E-state index contributed by atoms with van der Waals surface area (Å²) in [5.41, 5.74) is 1.43. The summed E-state index contributed by atoms with van der Waals surface area (Å²) in [4.78, 5) is 40.7. The molecule has 3 aromatic carbocycles. The predicted octanol–water partition coefficient (Wildman–Crippen LogP) is 5.73. The minimum atomic E-state index is -0.835. The first-order valence-electron chi connectivity index (χ1n) is 12.5. The SMILES string of the molecule is COc1cc(C)c(C(=O)c2c(CC(C)=O)cc3c(c2O)C(=O)c2c(cc(OC)c(Br)c2OC)C3(C)C)c(OC)c1. The van der Waals surface area contributed by atoms with Crippen molar-refractivity contribution in [3.05, 3.63) is 73.2 Å². The zero-order chi connectivity index (χ0) is 29.7. The normalized spacial score (nSPS) is 13.3. The minimum Gasteiger partial charge on any atom is -0.506 e. The molecular weight excluding hydrogens is 580 g/mol. The highest BCUT2D eigenvalue weighted by Crippen LogP contribution is 2.52. The predicted molar refractivity (Wildman–Crippen MR) is 153 cm³/mol. The van der Waals surface area contributed by atoms with Gasteiger partial charge in [0.25, 0.3) is 0 Å². The van der Waals surface area contributed by atoms with Crippen LogP contribution in [0.1, 0.15) is 74.9 Å². The molecule has 0 heterocycles. The van der Waals surface area contributed by atoms with E-state index in [4.69, 9.17) is 18.9 Å². The van der Waals surface area contributed by atoms with Gasteiger partial charge in [0.2, 0.25) is 11.6 Å². The molecule has 0 aliphatic heterocycles. The van der Waals surface area contributed by atoms with Crippen LogP contribution in [0, 0.1) is 6.92 Å². The van der Waals surface area contributed by atoms with Gasteiger partial charge in [0.1, 0.15) is 39.0 Å². The van der Waals surface area contributed by atoms with Crippen LogP contribution in [0.2, 0.25) is 0 Å². The molecule has 0 saturated carbocycles. The van der Waals surface area contributed by atoms with Crippen LogP contribution in [0.4, 0.5) is 0 Å². The van der Waals surface area contributed by atoms with E-state index < -0.39 is 22.7 Å². The number of carbonyl (C=O) groups is 3. The average molecular weight is 611 g/mol. The number of hydrogen-bond acceptors (Lipinski definition) is 8. The van der Waals surface area contributed by atoms with Crippen LogP contribution in [0.15, 0.2) is 28.7 Å². The highest BCUT2D eigenvalue weighted by Gasteiger charge is 2.44. The molecule has 0 saturated heterocycles. The van der Waals surface area contributed by atoms with E-state index in [9.17, 15) is 19.5 Å². The molecule has 0 amide bonds. The lowest BCUT2D eigenvalue weighted by atomic mass is 9.66. The van der Waals surface area contributed by atoms with Gasteiger partial charge < -0.3 is 24.1 Å². The number of rotatable bonds is 8. The number of benzene rings is 3. The molecule has 8 nitrogen and oxygen atoms in total. The maximum atomic E-state index is 14.2. The topological polar surface area (TPSA) is 108 Å². The van der Waals surface area contributed by atoms with Gasteiger partial charge in [-0.2, -0.15) is 0 Å². The number of hydrogen-bond donors (Lipinski definition) is 1. The number of Topliss-reactive ketones (excluding diaryl/α,β-unsaturated/α-hetero) is 1. The molecule has 0 unspecified atom stereocenters. The highest BCUT2D eigenvalue weighted by atomic mass is 79.9. The third-order valence-corrected chi connectivity index (χ3v) is 8.17. The number of ketones is 3. The Morgan fingerprint density at radius 1 is 0.875 bits per heavy atom. The third-order valence-electron chi connectivity index (χ3n) is 7.42. The molecule has 9 heteroatoms. The summed E-state index contributed by atoms with van der Waals surface area (Å²) >= 11 is 3.47. The van der Waals surface area contributed by atoms with Crippen LogP contribution in [0.25, 0.3) is 0 Å². The summed E-state index contributed by atoms with van der Waals surface area (Å²) in [7, 11) is 5.89. The van der Waals surface area contributed by atoms with E-state index in [1.807, 2.05) is 13.8 Å². The van der Waals surface area contributed by atoms with Crippen molar-refractivity contribution in [3.8, 4) is 28.7 Å². The van der Waals surface area contributed by atoms with Crippen molar-refractivity contribution in [2.24, 2.45) is 0 Å². The standard InChI is InChI=1S/C31H31BrO8/c1-14-9-17(37-5)12-20(38-6)22(14)27(34)23-16(10-15(2)33)11-18-24(28(23)35)29(36)25-19(31(18,3)4)13-21(39-7)26(32)30(25)40-8/h9,11-13,35H,10H2,1-8H3. The Labute approximate surface area is 241 Å². The van der Waals surface area contributed by atoms with Crippen molar-refractivity contribution >= 4 is 33.3 Å². The molecular formula is C31H31BrO8. The quantitative estimate of drug-likeness (QED) is 0.322. The fourth-order valence-electron chi connectivity index (χ4n) is 5.46. The Morgan fingerprint density at radius 3 is 2.05 bits per heavy atom. The molecule has 0 bridgehead atoms. The highest BCUT2D eigenvalue weighted by molar-refractivity contribution is 9.10. The first-order chi connectivity index (χ1) is 18.8. The van der Waals surface area contributed by atoms with Crippen LogP contribution in [0.3, 0.4) is 0 Å². The maximum absolute atomic E-state index is 14.2. The van der Waals surface area contributed by atoms with E-state index >= 15 is 0 Å². The van der Waals surface area contributed by atoms with Crippen molar-refractivity contribution in [2.45, 2.75) is 39.5 Å². The fraction of sp³-hybridized carbons (Fsp3) is 0.323. The Hall–Kier alpha value is -3.85. The Bertz CT molecular complexity index is 1590. The van der Waals surface area contributed by atoms with Crippen LogP contribution < -0.4 is 18.9 Å². The number of fused-ring (bicyclic) bond motifs is 2. The lowest BCUT2D eigenvalue weighted by molar-refractivity contribution is -0.116. The number of aromatic hydroxyl groups is 1. The number of ether oxygens (including phenoxy) is 4. The van der Waals surface area contributed by atoms with Crippen molar-refractivity contribution in [2.75, 3.05) is 28.4 Å². The van der Waals surface area contributed by atoms with Crippen LogP contribution >= 0.6 is 15.9 Å². The van der Waals surface area contributed by atoms with Gasteiger partial charge in [-0.25, -0.2) is 0 Å². The monoisotopic (exact) mass is 610 g/mol. The number of phenolic OH excluding ortho intramolecular Hbond substituents is 1. The van der Waals surface area contributed by atoms with E-state index in [0.29, 0.717) is 38.2 Å². The van der Waals surface area contributed by atoms with E-state index in [-0.39, 0.29) is 46.0 Å². The summed E-state index contributed by atoms with van der Waals surface area (Å²) in [5.74, 6) is -0.328. The van der Waals surface area contributed by atoms with Gasteiger partial charge in [0, 0.05) is 17.9 Å². The lowest BCUT2D eigenvalue weighted by Crippen LogP contribution is -2.32. The summed E-state index contributed by atoms with van der Waals surface area (Å²) in [6, 6.07) is 6.68. The van der Waals surface area contributed by atoms with E-state index in [0.717, 1.165) is 0 Å². The Kier molecular flexibility index (Phi) is 7.73. The molecule has 3 aromatic rings. The van der Waals surface area contributed by atoms with E-state index in [1.54, 1.807) is 31.2 Å². The molecule has 40 heavy (non-hydrogen) atoms. The van der Waals surface area contributed by atoms with Gasteiger partial charge >= 0.3 is 0 Å². The van der Waals surface area contributed by atoms with Crippen molar-refractivity contribution in [1.29, 1.82) is 0 Å². The zero-order valence-electron chi connectivity index (χ0n) is 23.7. The molecule has 0 aromatic heterocycles. The molecule has 1 aliphatic rings. The minimum absolute atomic E-state index is 0.0198. The van der Waals surface area contributed by atoms with Gasteiger partial charge in [0.05, 0.1) is 50.7 Å². The van der Waals surface area contributed by atoms with Crippen molar-refractivity contribution in [1.82, 2.24) is 0 Å². The number of aryl methyl sites for hydroxylation is 1. The molecule has 210 valence electrons. The molecule has 0 fully saturated rings. The van der Waals surface area contributed by atoms with Gasteiger partial charge in [-0.15, -0.1) is 0 Å². The number of carbonyl (C=O) groups excluding carboxylic acids is 3. The van der Waals surface area contributed by atoms with Crippen molar-refractivity contribution < 1.29 is 38.4 Å². The lowest BCUT2D eigenvalue weighted by Gasteiger charge is -2.36. The zero-order valence-corrected chi connectivity index (χ0v) is 25.3. The molecule has 4 rings (SSSR count). The second kappa shape index (κ2) is 10.6. The number of methoxy groups -OCH3 is 4. The second-order valence-electron chi connectivity index (χ2n) is 10.2. The third kappa shape index (κ3) is 4.42. The molecule has 0 spiro atoms. The second-order valence-corrected chi connectivity index (χ2v) is 11.0. The smallest absolute Gasteiger partial charge is 0.201 e. The van der Waals surface area contributed by atoms with Gasteiger partial charge in [-0.3, -0.25) is 14.4 Å². The molecule has 0 atom stereocenters.